The van der Waals surface area contributed by atoms with Crippen LogP contribution in [0.3, 0.4) is 0 Å². The van der Waals surface area contributed by atoms with Crippen molar-refractivity contribution in [3.8, 4) is 17.5 Å². The first-order valence-corrected chi connectivity index (χ1v) is 7.77. The molecule has 0 fully saturated rings. The zero-order chi connectivity index (χ0) is 17.5. The summed E-state index contributed by atoms with van der Waals surface area (Å²) >= 11 is 0. The van der Waals surface area contributed by atoms with Gasteiger partial charge < -0.3 is 25.1 Å². The number of nitrogen functional groups attached to an aromatic ring is 1. The van der Waals surface area contributed by atoms with Gasteiger partial charge in [0.1, 0.15) is 19.0 Å². The molecule has 1 heterocycles. The maximum atomic E-state index is 10.7. The topological polar surface area (TPSA) is 104 Å². The summed E-state index contributed by atoms with van der Waals surface area (Å²) in [6.07, 6.45) is 0. The smallest absolute Gasteiger partial charge is 0.302 e. The van der Waals surface area contributed by atoms with Crippen LogP contribution in [0.5, 0.6) is 17.5 Å². The number of carbonyl (C=O) groups is 1. The van der Waals surface area contributed by atoms with Crippen molar-refractivity contribution in [2.45, 2.75) is 13.5 Å². The fourth-order valence-electron chi connectivity index (χ4n) is 1.83. The molecule has 3 N–H and O–H groups in total. The predicted molar refractivity (Wildman–Crippen MR) is 92.6 cm³/mol. The Bertz CT molecular complexity index is 724. The monoisotopic (exact) mass is 350 g/mol. The Morgan fingerprint density at radius 1 is 1.29 bits per heavy atom. The molecule has 1 aromatic heterocycles. The van der Waals surface area contributed by atoms with Gasteiger partial charge in [0.15, 0.2) is 0 Å². The Morgan fingerprint density at radius 2 is 2.08 bits per heavy atom. The summed E-state index contributed by atoms with van der Waals surface area (Å²) in [4.78, 5) is 14.9. The van der Waals surface area contributed by atoms with Crippen molar-refractivity contribution in [3.63, 3.8) is 0 Å². The second-order valence-corrected chi connectivity index (χ2v) is 5.48. The van der Waals surface area contributed by atoms with Crippen molar-refractivity contribution in [2.24, 2.45) is 0 Å². The van der Waals surface area contributed by atoms with E-state index in [0.717, 1.165) is 10.9 Å². The molecule has 0 aliphatic carbocycles. The predicted octanol–water partition coefficient (Wildman–Crippen LogP) is 1.39. The molecule has 2 aromatic rings. The minimum absolute atomic E-state index is 0.0876. The maximum Gasteiger partial charge on any atom is 0.302 e. The van der Waals surface area contributed by atoms with Gasteiger partial charge in [-0.1, -0.05) is 6.07 Å². The number of nitrogens with zero attached hydrogens (tertiary/aromatic N) is 1. The van der Waals surface area contributed by atoms with Gasteiger partial charge in [0.2, 0.25) is 11.8 Å². The lowest BCUT2D eigenvalue weighted by molar-refractivity contribution is -0.141. The molecule has 0 radical (unpaired) electrons. The van der Waals surface area contributed by atoms with Crippen LogP contribution in [-0.2, 0) is 16.1 Å². The molecule has 0 aliphatic heterocycles. The average Bonchev–Trinajstić information content (AvgIpc) is 2.55. The fourth-order valence-corrected chi connectivity index (χ4v) is 2.10. The first kappa shape index (κ1) is 18.0. The van der Waals surface area contributed by atoms with E-state index in [1.54, 1.807) is 24.3 Å². The molecule has 2 rings (SSSR count). The number of anilines is 1. The molecule has 0 saturated heterocycles. The molecule has 128 valence electrons. The van der Waals surface area contributed by atoms with Crippen molar-refractivity contribution >= 4 is 26.2 Å². The van der Waals surface area contributed by atoms with Crippen LogP contribution >= 0.6 is 9.24 Å². The minimum Gasteiger partial charge on any atom is -0.472 e. The van der Waals surface area contributed by atoms with Crippen molar-refractivity contribution in [2.75, 3.05) is 18.9 Å². The van der Waals surface area contributed by atoms with Crippen LogP contribution in [-0.4, -0.2) is 29.3 Å². The Kier molecular flexibility index (Phi) is 6.35. The highest BCUT2D eigenvalue weighted by Gasteiger charge is 2.08. The molecule has 1 aromatic carbocycles. The second-order valence-electron chi connectivity index (χ2n) is 4.85. The summed E-state index contributed by atoms with van der Waals surface area (Å²) in [6.45, 7) is 1.48. The highest BCUT2D eigenvalue weighted by molar-refractivity contribution is 7.27. The normalized spacial score (nSPS) is 10.3. The lowest BCUT2D eigenvalue weighted by atomic mass is 10.2. The number of esters is 1. The molecule has 0 spiro atoms. The molecule has 0 amide bonds. The van der Waals surface area contributed by atoms with Crippen LogP contribution < -0.4 is 20.5 Å². The van der Waals surface area contributed by atoms with E-state index in [-0.39, 0.29) is 31.7 Å². The average molecular weight is 350 g/mol. The molecule has 1 atom stereocenters. The van der Waals surface area contributed by atoms with E-state index in [2.05, 4.69) is 14.2 Å². The van der Waals surface area contributed by atoms with E-state index in [4.69, 9.17) is 19.9 Å². The highest BCUT2D eigenvalue weighted by atomic mass is 31.0. The highest BCUT2D eigenvalue weighted by Crippen LogP contribution is 2.26. The zero-order valence-corrected chi connectivity index (χ0v) is 14.3. The van der Waals surface area contributed by atoms with Gasteiger partial charge in [-0.25, -0.2) is 0 Å². The van der Waals surface area contributed by atoms with Crippen molar-refractivity contribution in [1.82, 2.24) is 4.98 Å². The summed E-state index contributed by atoms with van der Waals surface area (Å²) in [6, 6.07) is 8.53. The number of hydrogen-bond acceptors (Lipinski definition) is 7. The molecule has 0 bridgehead atoms. The molecular weight excluding hydrogens is 331 g/mol. The largest absolute Gasteiger partial charge is 0.472 e. The Morgan fingerprint density at radius 3 is 2.79 bits per heavy atom. The third-order valence-electron chi connectivity index (χ3n) is 3.00. The Labute approximate surface area is 141 Å². The van der Waals surface area contributed by atoms with Gasteiger partial charge in [-0.2, -0.15) is 4.98 Å². The number of aromatic nitrogens is 1. The van der Waals surface area contributed by atoms with Crippen molar-refractivity contribution in [1.29, 1.82) is 0 Å². The summed E-state index contributed by atoms with van der Waals surface area (Å²) in [5.41, 5.74) is 6.89. The summed E-state index contributed by atoms with van der Waals surface area (Å²) in [7, 11) is 2.54. The van der Waals surface area contributed by atoms with Gasteiger partial charge in [-0.15, -0.1) is 9.24 Å². The van der Waals surface area contributed by atoms with E-state index in [1.165, 1.54) is 6.92 Å². The lowest BCUT2D eigenvalue weighted by Gasteiger charge is -2.11. The maximum absolute atomic E-state index is 10.7. The number of hydrogen-bond donors (Lipinski definition) is 2. The first-order valence-electron chi connectivity index (χ1n) is 7.19. The van der Waals surface area contributed by atoms with Crippen molar-refractivity contribution in [3.05, 3.63) is 35.9 Å². The summed E-state index contributed by atoms with van der Waals surface area (Å²) in [5.74, 6) is 0.652. The molecule has 24 heavy (non-hydrogen) atoms. The van der Waals surface area contributed by atoms with E-state index in [0.29, 0.717) is 17.3 Å². The quantitative estimate of drug-likeness (QED) is 0.442. The van der Waals surface area contributed by atoms with Gasteiger partial charge in [0.05, 0.1) is 12.3 Å². The Hall–Kier alpha value is -2.37. The third-order valence-corrected chi connectivity index (χ3v) is 3.56. The van der Waals surface area contributed by atoms with Crippen LogP contribution in [0.1, 0.15) is 12.5 Å². The minimum atomic E-state index is -0.381. The molecule has 8 heteroatoms. The van der Waals surface area contributed by atoms with Gasteiger partial charge in [-0.3, -0.25) is 4.79 Å². The number of aliphatic hydroxyl groups is 1. The van der Waals surface area contributed by atoms with Gasteiger partial charge in [-0.05, 0) is 29.1 Å². The van der Waals surface area contributed by atoms with Crippen LogP contribution in [0.2, 0.25) is 0 Å². The number of ether oxygens (including phenoxy) is 3. The number of nitrogens with two attached hydrogens (primary N) is 1. The van der Waals surface area contributed by atoms with Crippen LogP contribution in [0.15, 0.2) is 30.3 Å². The SMILES string of the molecule is CC(=O)OCCOc1nc(Oc2ccc(P)c(CO)c2)ccc1N. The molecule has 0 aliphatic rings. The molecule has 1 unspecified atom stereocenters. The van der Waals surface area contributed by atoms with Gasteiger partial charge in [0, 0.05) is 13.0 Å². The number of pyridine rings is 1. The van der Waals surface area contributed by atoms with Crippen LogP contribution in [0.4, 0.5) is 5.69 Å². The summed E-state index contributed by atoms with van der Waals surface area (Å²) < 4.78 is 15.8. The number of benzene rings is 1. The molecule has 0 saturated carbocycles. The van der Waals surface area contributed by atoms with E-state index in [9.17, 15) is 9.90 Å². The number of aliphatic hydroxyl groups excluding tert-OH is 1. The van der Waals surface area contributed by atoms with Crippen molar-refractivity contribution < 1.29 is 24.1 Å². The van der Waals surface area contributed by atoms with Gasteiger partial charge in [0.25, 0.3) is 0 Å². The molecular formula is C16H19N2O5P. The van der Waals surface area contributed by atoms with E-state index >= 15 is 0 Å². The zero-order valence-electron chi connectivity index (χ0n) is 13.2. The summed E-state index contributed by atoms with van der Waals surface area (Å²) in [5, 5.41) is 10.2. The van der Waals surface area contributed by atoms with Crippen LogP contribution in [0.25, 0.3) is 0 Å². The second kappa shape index (κ2) is 8.47. The van der Waals surface area contributed by atoms with E-state index in [1.807, 2.05) is 6.07 Å². The van der Waals surface area contributed by atoms with Crippen LogP contribution in [0, 0.1) is 0 Å². The Balaban J connectivity index is 2.06. The van der Waals surface area contributed by atoms with E-state index < -0.39 is 0 Å². The fraction of sp³-hybridized carbons (Fsp3) is 0.250. The first-order chi connectivity index (χ1) is 11.5. The molecule has 7 nitrogen and oxygen atoms in total. The standard InChI is InChI=1S/C16H19N2O5P/c1-10(20)21-6-7-22-16-13(17)3-5-15(18-16)23-12-2-4-14(24)11(8-12)9-19/h2-5,8,19H,6-7,9,17,24H2,1H3. The third kappa shape index (κ3) is 5.08. The van der Waals surface area contributed by atoms with Gasteiger partial charge >= 0.3 is 5.97 Å². The lowest BCUT2D eigenvalue weighted by Crippen LogP contribution is -2.11. The number of carbonyl (C=O) groups excluding carboxylic acids is 1. The number of rotatable bonds is 7.